The van der Waals surface area contributed by atoms with Crippen LogP contribution >= 0.6 is 12.4 Å². The third kappa shape index (κ3) is 2.30. The number of nitrogens with two attached hydrogens (primary N) is 1. The van der Waals surface area contributed by atoms with Gasteiger partial charge in [0.1, 0.15) is 0 Å². The van der Waals surface area contributed by atoms with Crippen molar-refractivity contribution in [1.82, 2.24) is 10.2 Å². The van der Waals surface area contributed by atoms with Gasteiger partial charge in [-0.15, -0.1) is 12.4 Å². The van der Waals surface area contributed by atoms with Crippen molar-refractivity contribution in [2.75, 3.05) is 6.54 Å². The van der Waals surface area contributed by atoms with Gasteiger partial charge in [-0.3, -0.25) is 9.59 Å². The number of hydrogen-bond donors (Lipinski definition) is 2. The second kappa shape index (κ2) is 5.01. The molecule has 2 saturated heterocycles. The van der Waals surface area contributed by atoms with Crippen molar-refractivity contribution in [3.8, 4) is 0 Å². The first kappa shape index (κ1) is 13.3. The molecule has 2 bridgehead atoms. The van der Waals surface area contributed by atoms with Gasteiger partial charge in [0, 0.05) is 25.0 Å². The number of rotatable bonds is 1. The zero-order valence-corrected chi connectivity index (χ0v) is 10.1. The summed E-state index contributed by atoms with van der Waals surface area (Å²) in [6.45, 7) is 2.27. The van der Waals surface area contributed by atoms with Crippen molar-refractivity contribution in [2.45, 2.75) is 44.3 Å². The van der Waals surface area contributed by atoms with Crippen LogP contribution in [0.1, 0.15) is 26.2 Å². The Hall–Kier alpha value is -0.810. The normalized spacial score (nSPS) is 30.1. The molecule has 0 saturated carbocycles. The van der Waals surface area contributed by atoms with E-state index in [1.165, 1.54) is 0 Å². The minimum absolute atomic E-state index is 0. The fourth-order valence-corrected chi connectivity index (χ4v) is 2.47. The molecule has 2 amide bonds. The zero-order chi connectivity index (χ0) is 11.0. The first-order valence-electron chi connectivity index (χ1n) is 5.44. The largest absolute Gasteiger partial charge is 0.354 e. The molecule has 0 aromatic rings. The maximum atomic E-state index is 11.9. The molecule has 0 aromatic heterocycles. The Bertz CT molecular complexity index is 296. The molecule has 2 heterocycles. The van der Waals surface area contributed by atoms with E-state index in [1.54, 1.807) is 6.92 Å². The molecule has 2 aliphatic rings. The van der Waals surface area contributed by atoms with Gasteiger partial charge in [-0.05, 0) is 19.8 Å². The highest BCUT2D eigenvalue weighted by molar-refractivity contribution is 5.85. The summed E-state index contributed by atoms with van der Waals surface area (Å²) in [5.41, 5.74) is 5.61. The van der Waals surface area contributed by atoms with Gasteiger partial charge in [0.15, 0.2) is 0 Å². The molecule has 2 aliphatic heterocycles. The molecule has 6 heteroatoms. The van der Waals surface area contributed by atoms with Crippen molar-refractivity contribution >= 4 is 24.2 Å². The van der Waals surface area contributed by atoms with Crippen LogP contribution in [0.5, 0.6) is 0 Å². The second-order valence-electron chi connectivity index (χ2n) is 4.43. The van der Waals surface area contributed by atoms with Crippen molar-refractivity contribution in [1.29, 1.82) is 0 Å². The first-order valence-corrected chi connectivity index (χ1v) is 5.44. The summed E-state index contributed by atoms with van der Waals surface area (Å²) in [5.74, 6) is 0.0173. The lowest BCUT2D eigenvalue weighted by Crippen LogP contribution is -2.49. The van der Waals surface area contributed by atoms with E-state index < -0.39 is 6.04 Å². The van der Waals surface area contributed by atoms with Gasteiger partial charge >= 0.3 is 0 Å². The molecule has 92 valence electrons. The van der Waals surface area contributed by atoms with E-state index in [2.05, 4.69) is 5.32 Å². The summed E-state index contributed by atoms with van der Waals surface area (Å²) in [6.07, 6.45) is 2.33. The highest BCUT2D eigenvalue weighted by Crippen LogP contribution is 2.28. The Labute approximate surface area is 101 Å². The molecule has 16 heavy (non-hydrogen) atoms. The standard InChI is InChI=1S/C10H17N3O2.ClH/c1-6(11)10(15)13-7-2-3-8(13)5-12-9(14)4-7;/h6-8H,2-5,11H2,1H3,(H,12,14);1H. The summed E-state index contributed by atoms with van der Waals surface area (Å²) >= 11 is 0. The topological polar surface area (TPSA) is 75.4 Å². The van der Waals surface area contributed by atoms with Crippen LogP contribution in [0.15, 0.2) is 0 Å². The summed E-state index contributed by atoms with van der Waals surface area (Å²) < 4.78 is 0. The molecular weight excluding hydrogens is 230 g/mol. The van der Waals surface area contributed by atoms with Crippen LogP contribution in [-0.4, -0.2) is 41.4 Å². The van der Waals surface area contributed by atoms with Gasteiger partial charge in [-0.25, -0.2) is 0 Å². The maximum Gasteiger partial charge on any atom is 0.239 e. The number of hydrogen-bond acceptors (Lipinski definition) is 3. The number of nitrogens with zero attached hydrogens (tertiary/aromatic N) is 1. The quantitative estimate of drug-likeness (QED) is 0.664. The van der Waals surface area contributed by atoms with E-state index in [-0.39, 0.29) is 36.3 Å². The molecule has 3 N–H and O–H groups in total. The summed E-state index contributed by atoms with van der Waals surface area (Å²) in [5, 5.41) is 2.83. The highest BCUT2D eigenvalue weighted by Gasteiger charge is 2.40. The predicted molar refractivity (Wildman–Crippen MR) is 62.2 cm³/mol. The summed E-state index contributed by atoms with van der Waals surface area (Å²) in [6, 6.07) is -0.253. The molecule has 3 unspecified atom stereocenters. The Balaban J connectivity index is 0.00000128. The molecule has 3 atom stereocenters. The number of fused-ring (bicyclic) bond motifs is 2. The van der Waals surface area contributed by atoms with Crippen LogP contribution in [0, 0.1) is 0 Å². The molecule has 2 fully saturated rings. The third-order valence-electron chi connectivity index (χ3n) is 3.22. The monoisotopic (exact) mass is 247 g/mol. The van der Waals surface area contributed by atoms with Gasteiger partial charge in [-0.1, -0.05) is 0 Å². The zero-order valence-electron chi connectivity index (χ0n) is 9.31. The fraction of sp³-hybridized carbons (Fsp3) is 0.800. The van der Waals surface area contributed by atoms with Crippen LogP contribution in [-0.2, 0) is 9.59 Å². The van der Waals surface area contributed by atoms with Crippen LogP contribution in [0.3, 0.4) is 0 Å². The molecule has 0 aliphatic carbocycles. The van der Waals surface area contributed by atoms with Gasteiger partial charge in [0.2, 0.25) is 11.8 Å². The Morgan fingerprint density at radius 3 is 2.75 bits per heavy atom. The molecule has 2 rings (SSSR count). The molecule has 0 aromatic carbocycles. The van der Waals surface area contributed by atoms with E-state index in [0.29, 0.717) is 13.0 Å². The van der Waals surface area contributed by atoms with Crippen LogP contribution in [0.4, 0.5) is 0 Å². The first-order chi connectivity index (χ1) is 7.09. The van der Waals surface area contributed by atoms with Gasteiger partial charge < -0.3 is 16.0 Å². The average Bonchev–Trinajstić information content (AvgIpc) is 2.47. The van der Waals surface area contributed by atoms with E-state index in [1.807, 2.05) is 4.90 Å². The number of halogens is 1. The minimum atomic E-state index is -0.471. The lowest BCUT2D eigenvalue weighted by Gasteiger charge is -2.28. The smallest absolute Gasteiger partial charge is 0.239 e. The molecule has 0 spiro atoms. The van der Waals surface area contributed by atoms with Crippen molar-refractivity contribution in [3.05, 3.63) is 0 Å². The third-order valence-corrected chi connectivity index (χ3v) is 3.22. The number of nitrogens with one attached hydrogen (secondary N) is 1. The number of carbonyl (C=O) groups excluding carboxylic acids is 2. The molecule has 5 nitrogen and oxygen atoms in total. The number of amides is 2. The van der Waals surface area contributed by atoms with Crippen LogP contribution in [0.25, 0.3) is 0 Å². The van der Waals surface area contributed by atoms with Crippen molar-refractivity contribution in [3.63, 3.8) is 0 Å². The van der Waals surface area contributed by atoms with E-state index in [9.17, 15) is 9.59 Å². The lowest BCUT2D eigenvalue weighted by molar-refractivity contribution is -0.134. The van der Waals surface area contributed by atoms with Crippen molar-refractivity contribution in [2.24, 2.45) is 5.73 Å². The maximum absolute atomic E-state index is 11.9. The number of carbonyl (C=O) groups is 2. The predicted octanol–water partition coefficient (Wildman–Crippen LogP) is -0.365. The summed E-state index contributed by atoms with van der Waals surface area (Å²) in [4.78, 5) is 25.0. The lowest BCUT2D eigenvalue weighted by atomic mass is 10.1. The molecule has 0 radical (unpaired) electrons. The van der Waals surface area contributed by atoms with E-state index in [4.69, 9.17) is 5.73 Å². The fourth-order valence-electron chi connectivity index (χ4n) is 2.47. The van der Waals surface area contributed by atoms with E-state index in [0.717, 1.165) is 12.8 Å². The Morgan fingerprint density at radius 2 is 2.12 bits per heavy atom. The van der Waals surface area contributed by atoms with Crippen LogP contribution in [0.2, 0.25) is 0 Å². The second-order valence-corrected chi connectivity index (χ2v) is 4.43. The Kier molecular flexibility index (Phi) is 4.15. The van der Waals surface area contributed by atoms with Gasteiger partial charge in [0.25, 0.3) is 0 Å². The SMILES string of the molecule is CC(N)C(=O)N1C2CCC1CC(=O)NC2.Cl. The van der Waals surface area contributed by atoms with Gasteiger partial charge in [0.05, 0.1) is 6.04 Å². The van der Waals surface area contributed by atoms with Crippen LogP contribution < -0.4 is 11.1 Å². The van der Waals surface area contributed by atoms with Gasteiger partial charge in [-0.2, -0.15) is 0 Å². The summed E-state index contributed by atoms with van der Waals surface area (Å²) in [7, 11) is 0. The highest BCUT2D eigenvalue weighted by atomic mass is 35.5. The minimum Gasteiger partial charge on any atom is -0.354 e. The van der Waals surface area contributed by atoms with Crippen molar-refractivity contribution < 1.29 is 9.59 Å². The Morgan fingerprint density at radius 1 is 1.50 bits per heavy atom. The molecular formula is C10H18ClN3O2. The van der Waals surface area contributed by atoms with E-state index >= 15 is 0 Å². The average molecular weight is 248 g/mol.